The number of aryl methyl sites for hydroxylation is 1. The summed E-state index contributed by atoms with van der Waals surface area (Å²) in [6.07, 6.45) is 0. The minimum atomic E-state index is -0.338. The van der Waals surface area contributed by atoms with Gasteiger partial charge in [-0.15, -0.1) is 11.3 Å². The van der Waals surface area contributed by atoms with Gasteiger partial charge in [-0.1, -0.05) is 18.2 Å². The molecular formula is C20H27FN4O2S2. The van der Waals surface area contributed by atoms with Crippen LogP contribution in [0.15, 0.2) is 29.3 Å². The van der Waals surface area contributed by atoms with Crippen LogP contribution in [0.25, 0.3) is 0 Å². The van der Waals surface area contributed by atoms with Gasteiger partial charge in [-0.3, -0.25) is 4.99 Å². The van der Waals surface area contributed by atoms with Crippen molar-refractivity contribution in [2.45, 2.75) is 32.6 Å². The highest BCUT2D eigenvalue weighted by molar-refractivity contribution is 7.98. The Balaban J connectivity index is 1.80. The molecule has 0 fully saturated rings. The summed E-state index contributed by atoms with van der Waals surface area (Å²) in [4.78, 5) is 21.2. The number of carbonyl (C=O) groups excluding carboxylic acids is 1. The molecule has 0 amide bonds. The number of thioether (sulfide) groups is 1. The third-order valence-corrected chi connectivity index (χ3v) is 6.30. The summed E-state index contributed by atoms with van der Waals surface area (Å²) in [6, 6.07) is 6.71. The third-order valence-electron chi connectivity index (χ3n) is 3.98. The maximum Gasteiger partial charge on any atom is 0.350 e. The Bertz CT molecular complexity index is 842. The molecule has 0 aliphatic rings. The molecule has 1 heterocycles. The fraction of sp³-hybridized carbons (Fsp3) is 0.450. The number of halogens is 1. The molecule has 0 saturated carbocycles. The van der Waals surface area contributed by atoms with Gasteiger partial charge in [0.25, 0.3) is 0 Å². The van der Waals surface area contributed by atoms with Gasteiger partial charge in [0.1, 0.15) is 15.7 Å². The van der Waals surface area contributed by atoms with Crippen molar-refractivity contribution in [3.05, 3.63) is 51.2 Å². The van der Waals surface area contributed by atoms with E-state index in [4.69, 9.17) is 4.74 Å². The Kier molecular flexibility index (Phi) is 9.40. The van der Waals surface area contributed by atoms with Gasteiger partial charge >= 0.3 is 5.97 Å². The topological polar surface area (TPSA) is 75.6 Å². The highest BCUT2D eigenvalue weighted by Crippen LogP contribution is 2.24. The van der Waals surface area contributed by atoms with Crippen molar-refractivity contribution in [1.29, 1.82) is 0 Å². The van der Waals surface area contributed by atoms with Crippen LogP contribution in [-0.2, 0) is 10.5 Å². The van der Waals surface area contributed by atoms with E-state index in [0.29, 0.717) is 41.0 Å². The number of thiazole rings is 1. The van der Waals surface area contributed by atoms with Gasteiger partial charge in [-0.05, 0) is 32.4 Å². The Morgan fingerprint density at radius 1 is 1.41 bits per heavy atom. The number of hydrogen-bond acceptors (Lipinski definition) is 6. The molecule has 0 aliphatic carbocycles. The normalized spacial score (nSPS) is 12.5. The van der Waals surface area contributed by atoms with Crippen LogP contribution in [0, 0.1) is 12.7 Å². The highest BCUT2D eigenvalue weighted by atomic mass is 32.2. The standard InChI is InChI=1S/C20H27FN4O2S2/c1-5-27-19(26)17-13(2)24-18(29-17)14(3)25-20(22-4)23-10-11-28-12-15-8-6-7-9-16(15)21/h6-9,14H,5,10-12H2,1-4H3,(H2,22,23,25). The summed E-state index contributed by atoms with van der Waals surface area (Å²) in [5, 5.41) is 7.32. The molecule has 0 spiro atoms. The zero-order valence-corrected chi connectivity index (χ0v) is 18.8. The zero-order chi connectivity index (χ0) is 21.2. The number of ether oxygens (including phenoxy) is 1. The maximum atomic E-state index is 13.6. The van der Waals surface area contributed by atoms with Gasteiger partial charge in [0.15, 0.2) is 5.96 Å². The predicted octanol–water partition coefficient (Wildman–Crippen LogP) is 3.93. The highest BCUT2D eigenvalue weighted by Gasteiger charge is 2.20. The predicted molar refractivity (Wildman–Crippen MR) is 118 cm³/mol. The van der Waals surface area contributed by atoms with E-state index in [0.717, 1.165) is 10.8 Å². The first-order chi connectivity index (χ1) is 14.0. The second kappa shape index (κ2) is 11.8. The molecule has 2 N–H and O–H groups in total. The van der Waals surface area contributed by atoms with E-state index in [-0.39, 0.29) is 17.8 Å². The number of aliphatic imine (C=N–C) groups is 1. The number of nitrogens with one attached hydrogen (secondary N) is 2. The maximum absolute atomic E-state index is 13.6. The summed E-state index contributed by atoms with van der Waals surface area (Å²) in [5.74, 6) is 1.59. The van der Waals surface area contributed by atoms with E-state index in [9.17, 15) is 9.18 Å². The SMILES string of the molecule is CCOC(=O)c1sc(C(C)NC(=NC)NCCSCc2ccccc2F)nc1C. The Hall–Kier alpha value is -2.13. The van der Waals surface area contributed by atoms with Crippen LogP contribution in [0.2, 0.25) is 0 Å². The van der Waals surface area contributed by atoms with Crippen molar-refractivity contribution >= 4 is 35.0 Å². The van der Waals surface area contributed by atoms with Crippen molar-refractivity contribution in [2.24, 2.45) is 4.99 Å². The number of guanidine groups is 1. The van der Waals surface area contributed by atoms with E-state index in [1.165, 1.54) is 17.4 Å². The molecule has 1 aromatic heterocycles. The molecule has 1 atom stereocenters. The van der Waals surface area contributed by atoms with Crippen molar-refractivity contribution < 1.29 is 13.9 Å². The van der Waals surface area contributed by atoms with Crippen LogP contribution in [0.1, 0.15) is 45.8 Å². The first-order valence-electron chi connectivity index (χ1n) is 9.39. The van der Waals surface area contributed by atoms with Crippen molar-refractivity contribution in [1.82, 2.24) is 15.6 Å². The van der Waals surface area contributed by atoms with E-state index in [1.807, 2.05) is 13.0 Å². The van der Waals surface area contributed by atoms with E-state index < -0.39 is 0 Å². The largest absolute Gasteiger partial charge is 0.462 e. The Morgan fingerprint density at radius 3 is 2.86 bits per heavy atom. The van der Waals surface area contributed by atoms with Crippen molar-refractivity contribution in [2.75, 3.05) is 26.0 Å². The van der Waals surface area contributed by atoms with Crippen LogP contribution in [0.3, 0.4) is 0 Å². The van der Waals surface area contributed by atoms with Crippen LogP contribution < -0.4 is 10.6 Å². The smallest absolute Gasteiger partial charge is 0.350 e. The minimum Gasteiger partial charge on any atom is -0.462 e. The number of aromatic nitrogens is 1. The average Bonchev–Trinajstić information content (AvgIpc) is 3.10. The van der Waals surface area contributed by atoms with Gasteiger partial charge < -0.3 is 15.4 Å². The monoisotopic (exact) mass is 438 g/mol. The fourth-order valence-corrected chi connectivity index (χ4v) is 4.30. The van der Waals surface area contributed by atoms with Crippen LogP contribution in [0.4, 0.5) is 4.39 Å². The number of rotatable bonds is 9. The van der Waals surface area contributed by atoms with Gasteiger partial charge in [-0.25, -0.2) is 14.2 Å². The van der Waals surface area contributed by atoms with Crippen LogP contribution in [-0.4, -0.2) is 42.9 Å². The van der Waals surface area contributed by atoms with Gasteiger partial charge in [-0.2, -0.15) is 11.8 Å². The van der Waals surface area contributed by atoms with Crippen LogP contribution in [0.5, 0.6) is 0 Å². The minimum absolute atomic E-state index is 0.112. The second-order valence-electron chi connectivity index (χ2n) is 6.20. The number of carbonyl (C=O) groups is 1. The molecule has 9 heteroatoms. The molecule has 1 aromatic carbocycles. The first-order valence-corrected chi connectivity index (χ1v) is 11.4. The molecule has 29 heavy (non-hydrogen) atoms. The molecular weight excluding hydrogens is 411 g/mol. The Labute approximate surface area is 179 Å². The van der Waals surface area contributed by atoms with Gasteiger partial charge in [0.2, 0.25) is 0 Å². The summed E-state index contributed by atoms with van der Waals surface area (Å²) < 4.78 is 18.7. The van der Waals surface area contributed by atoms with Crippen molar-refractivity contribution in [3.8, 4) is 0 Å². The van der Waals surface area contributed by atoms with E-state index in [2.05, 4.69) is 20.6 Å². The fourth-order valence-electron chi connectivity index (χ4n) is 2.49. The number of esters is 1. The van der Waals surface area contributed by atoms with Gasteiger partial charge in [0.05, 0.1) is 18.3 Å². The number of hydrogen-bond donors (Lipinski definition) is 2. The first kappa shape index (κ1) is 23.2. The summed E-state index contributed by atoms with van der Waals surface area (Å²) >= 11 is 2.98. The summed E-state index contributed by atoms with van der Waals surface area (Å²) in [7, 11) is 1.70. The molecule has 158 valence electrons. The lowest BCUT2D eigenvalue weighted by Gasteiger charge is -2.16. The molecule has 2 rings (SSSR count). The van der Waals surface area contributed by atoms with E-state index >= 15 is 0 Å². The van der Waals surface area contributed by atoms with Crippen molar-refractivity contribution in [3.63, 3.8) is 0 Å². The lowest BCUT2D eigenvalue weighted by Crippen LogP contribution is -2.39. The molecule has 2 aromatic rings. The van der Waals surface area contributed by atoms with Gasteiger partial charge in [0, 0.05) is 25.1 Å². The lowest BCUT2D eigenvalue weighted by molar-refractivity contribution is 0.0531. The second-order valence-corrected chi connectivity index (χ2v) is 8.33. The van der Waals surface area contributed by atoms with E-state index in [1.54, 1.807) is 44.8 Å². The van der Waals surface area contributed by atoms with Crippen LogP contribution >= 0.6 is 23.1 Å². The number of nitrogens with zero attached hydrogens (tertiary/aromatic N) is 2. The average molecular weight is 439 g/mol. The molecule has 0 bridgehead atoms. The summed E-state index contributed by atoms with van der Waals surface area (Å²) in [5.41, 5.74) is 1.38. The molecule has 1 unspecified atom stereocenters. The zero-order valence-electron chi connectivity index (χ0n) is 17.1. The number of benzene rings is 1. The molecule has 0 saturated heterocycles. The lowest BCUT2D eigenvalue weighted by atomic mass is 10.2. The third kappa shape index (κ3) is 7.01. The Morgan fingerprint density at radius 2 is 2.17 bits per heavy atom. The quantitative estimate of drug-likeness (QED) is 0.267. The molecule has 6 nitrogen and oxygen atoms in total. The molecule has 0 aliphatic heterocycles. The molecule has 0 radical (unpaired) electrons. The summed E-state index contributed by atoms with van der Waals surface area (Å²) in [6.45, 7) is 6.58.